The molecule has 0 bridgehead atoms. The molecule has 0 radical (unpaired) electrons. The number of rotatable bonds is 11. The second-order valence-electron chi connectivity index (χ2n) is 11.6. The molecule has 1 N–H and O–H groups in total. The van der Waals surface area contributed by atoms with Crippen molar-refractivity contribution in [2.45, 2.75) is 64.4 Å². The first-order valence-electron chi connectivity index (χ1n) is 15.0. The van der Waals surface area contributed by atoms with Crippen LogP contribution in [0.15, 0.2) is 36.4 Å². The van der Waals surface area contributed by atoms with Gasteiger partial charge >= 0.3 is 18.7 Å². The van der Waals surface area contributed by atoms with Crippen LogP contribution in [0.1, 0.15) is 54.9 Å². The molecule has 0 atom stereocenters. The Morgan fingerprint density at radius 3 is 2.04 bits per heavy atom. The zero-order valence-corrected chi connectivity index (χ0v) is 26.2. The maximum absolute atomic E-state index is 13.6. The van der Waals surface area contributed by atoms with Crippen LogP contribution < -0.4 is 19.9 Å². The minimum absolute atomic E-state index is 0.00568. The average molecular weight is 696 g/mol. The van der Waals surface area contributed by atoms with Crippen molar-refractivity contribution in [2.75, 3.05) is 29.9 Å². The van der Waals surface area contributed by atoms with Gasteiger partial charge in [0.15, 0.2) is 0 Å². The van der Waals surface area contributed by atoms with E-state index >= 15 is 0 Å². The van der Waals surface area contributed by atoms with E-state index in [-0.39, 0.29) is 41.9 Å². The highest BCUT2D eigenvalue weighted by Crippen LogP contribution is 2.38. The number of nitrogens with zero attached hydrogens (tertiary/aromatic N) is 6. The Balaban J connectivity index is 1.73. The minimum atomic E-state index is -5.09. The molecule has 1 heterocycles. The van der Waals surface area contributed by atoms with Crippen molar-refractivity contribution in [3.8, 4) is 5.75 Å². The molecule has 0 spiro atoms. The van der Waals surface area contributed by atoms with Gasteiger partial charge in [0.1, 0.15) is 5.75 Å². The van der Waals surface area contributed by atoms with Crippen molar-refractivity contribution in [3.05, 3.63) is 58.7 Å². The zero-order chi connectivity index (χ0) is 35.4. The van der Waals surface area contributed by atoms with Gasteiger partial charge in [0, 0.05) is 44.8 Å². The summed E-state index contributed by atoms with van der Waals surface area (Å²) in [5.41, 5.74) is -2.76. The molecule has 3 aromatic rings. The normalized spacial score (nSPS) is 17.2. The number of hydrogen-bond acceptors (Lipinski definition) is 7. The standard InChI is InChI=1S/C30H34F9N7O2/c1-4-45(15-18-5-7-20(8-6-18)26(47)40-2)25-10-9-24(48-30(37,38)39)13-21(25)17-46(27-41-43-44(3)42-27)16-19-11-22(28(31,32)33)14-23(12-19)29(34,35)36/h9-14,18,20H,4-8,15-17H2,1-3H3,(H,40,47)/t18-,20-. The molecule has 0 aliphatic heterocycles. The van der Waals surface area contributed by atoms with Crippen LogP contribution in [0.3, 0.4) is 0 Å². The molecular weight excluding hydrogens is 661 g/mol. The molecule has 0 unspecified atom stereocenters. The van der Waals surface area contributed by atoms with E-state index < -0.39 is 47.7 Å². The highest BCUT2D eigenvalue weighted by atomic mass is 19.4. The van der Waals surface area contributed by atoms with E-state index in [9.17, 15) is 44.3 Å². The van der Waals surface area contributed by atoms with Crippen molar-refractivity contribution in [3.63, 3.8) is 0 Å². The van der Waals surface area contributed by atoms with E-state index in [2.05, 4.69) is 25.5 Å². The third-order valence-electron chi connectivity index (χ3n) is 8.11. The monoisotopic (exact) mass is 695 g/mol. The topological polar surface area (TPSA) is 88.4 Å². The number of nitrogens with one attached hydrogen (secondary N) is 1. The zero-order valence-electron chi connectivity index (χ0n) is 26.2. The van der Waals surface area contributed by atoms with E-state index in [0.29, 0.717) is 43.8 Å². The summed E-state index contributed by atoms with van der Waals surface area (Å²) in [6.45, 7) is 1.80. The first kappa shape index (κ1) is 36.6. The van der Waals surface area contributed by atoms with Crippen LogP contribution in [-0.2, 0) is 37.3 Å². The lowest BCUT2D eigenvalue weighted by Gasteiger charge is -2.34. The van der Waals surface area contributed by atoms with Crippen molar-refractivity contribution in [2.24, 2.45) is 18.9 Å². The lowest BCUT2D eigenvalue weighted by molar-refractivity contribution is -0.274. The summed E-state index contributed by atoms with van der Waals surface area (Å²) in [6, 6.07) is 4.80. The number of carbonyl (C=O) groups excluding carboxylic acids is 1. The number of aromatic nitrogens is 4. The van der Waals surface area contributed by atoms with Gasteiger partial charge in [0.05, 0.1) is 18.2 Å². The molecule has 48 heavy (non-hydrogen) atoms. The third-order valence-corrected chi connectivity index (χ3v) is 8.11. The predicted molar refractivity (Wildman–Crippen MR) is 156 cm³/mol. The Morgan fingerprint density at radius 2 is 1.54 bits per heavy atom. The third kappa shape index (κ3) is 9.65. The molecule has 1 amide bonds. The van der Waals surface area contributed by atoms with E-state index in [1.807, 2.05) is 11.8 Å². The fourth-order valence-electron chi connectivity index (χ4n) is 5.85. The Labute approximate surface area is 270 Å². The van der Waals surface area contributed by atoms with Gasteiger partial charge in [-0.2, -0.15) is 31.1 Å². The van der Waals surface area contributed by atoms with E-state index in [1.54, 1.807) is 7.05 Å². The maximum atomic E-state index is 13.6. The number of ether oxygens (including phenoxy) is 1. The van der Waals surface area contributed by atoms with Gasteiger partial charge in [0.25, 0.3) is 5.95 Å². The molecule has 1 fully saturated rings. The number of alkyl halides is 9. The molecule has 1 aliphatic carbocycles. The number of benzene rings is 2. The summed E-state index contributed by atoms with van der Waals surface area (Å²) in [5.74, 6) is -0.768. The molecule has 4 rings (SSSR count). The van der Waals surface area contributed by atoms with Crippen LogP contribution in [0.5, 0.6) is 5.75 Å². The molecule has 18 heteroatoms. The van der Waals surface area contributed by atoms with Crippen molar-refractivity contribution >= 4 is 17.5 Å². The molecule has 2 aromatic carbocycles. The van der Waals surface area contributed by atoms with Crippen LogP contribution >= 0.6 is 0 Å². The molecule has 9 nitrogen and oxygen atoms in total. The summed E-state index contributed by atoms with van der Waals surface area (Å²) in [4.78, 5) is 16.3. The highest BCUT2D eigenvalue weighted by Gasteiger charge is 2.37. The van der Waals surface area contributed by atoms with Gasteiger partial charge in [0.2, 0.25) is 5.91 Å². The van der Waals surface area contributed by atoms with Crippen LogP contribution in [-0.4, -0.2) is 52.6 Å². The number of aryl methyl sites for hydroxylation is 1. The fourth-order valence-corrected chi connectivity index (χ4v) is 5.85. The van der Waals surface area contributed by atoms with Gasteiger partial charge in [-0.05, 0) is 91.3 Å². The van der Waals surface area contributed by atoms with Crippen molar-refractivity contribution < 1.29 is 49.0 Å². The smallest absolute Gasteiger partial charge is 0.406 e. The molecule has 264 valence electrons. The Hall–Kier alpha value is -4.25. The Kier molecular flexibility index (Phi) is 11.0. The van der Waals surface area contributed by atoms with Crippen molar-refractivity contribution in [1.29, 1.82) is 0 Å². The van der Waals surface area contributed by atoms with Crippen LogP contribution in [0, 0.1) is 11.8 Å². The van der Waals surface area contributed by atoms with Gasteiger partial charge < -0.3 is 19.9 Å². The number of anilines is 2. The summed E-state index contributed by atoms with van der Waals surface area (Å²) in [6.07, 6.45) is -12.4. The van der Waals surface area contributed by atoms with Gasteiger partial charge in [-0.25, -0.2) is 0 Å². The SMILES string of the molecule is CCN(C[C@H]1CC[C@H](C(=O)NC)CC1)c1ccc(OC(F)(F)F)cc1CN(Cc1cc(C(F)(F)F)cc(C(F)(F)F)c1)c1nnn(C)n1. The van der Waals surface area contributed by atoms with Crippen LogP contribution in [0.25, 0.3) is 0 Å². The summed E-state index contributed by atoms with van der Waals surface area (Å²) in [5, 5.41) is 14.3. The molecule has 1 aliphatic rings. The Morgan fingerprint density at radius 1 is 0.917 bits per heavy atom. The number of tetrazole rings is 1. The Bertz CT molecular complexity index is 1520. The summed E-state index contributed by atoms with van der Waals surface area (Å²) >= 11 is 0. The number of carbonyl (C=O) groups is 1. The highest BCUT2D eigenvalue weighted by molar-refractivity contribution is 5.78. The maximum Gasteiger partial charge on any atom is 0.573 e. The molecule has 1 saturated carbocycles. The quantitative estimate of drug-likeness (QED) is 0.223. The van der Waals surface area contributed by atoms with Gasteiger partial charge in [-0.15, -0.1) is 18.3 Å². The van der Waals surface area contributed by atoms with Gasteiger partial charge in [-0.1, -0.05) is 5.10 Å². The van der Waals surface area contributed by atoms with E-state index in [1.165, 1.54) is 18.0 Å². The second-order valence-corrected chi connectivity index (χ2v) is 11.6. The first-order valence-corrected chi connectivity index (χ1v) is 15.0. The fraction of sp³-hybridized carbons (Fsp3) is 0.533. The van der Waals surface area contributed by atoms with Crippen molar-refractivity contribution in [1.82, 2.24) is 25.5 Å². The predicted octanol–water partition coefficient (Wildman–Crippen LogP) is 6.73. The second kappa shape index (κ2) is 14.5. The van der Waals surface area contributed by atoms with Crippen LogP contribution in [0.2, 0.25) is 0 Å². The largest absolute Gasteiger partial charge is 0.573 e. The van der Waals surface area contributed by atoms with Gasteiger partial charge in [-0.3, -0.25) is 4.79 Å². The average Bonchev–Trinajstić information content (AvgIpc) is 3.44. The first-order chi connectivity index (χ1) is 22.4. The van der Waals surface area contributed by atoms with E-state index in [4.69, 9.17) is 0 Å². The van der Waals surface area contributed by atoms with Crippen LogP contribution in [0.4, 0.5) is 51.1 Å². The molecular formula is C30H34F9N7O2. The molecule has 1 aromatic heterocycles. The number of halogens is 9. The lowest BCUT2D eigenvalue weighted by atomic mass is 9.81. The minimum Gasteiger partial charge on any atom is -0.406 e. The lowest BCUT2D eigenvalue weighted by Crippen LogP contribution is -2.35. The van der Waals surface area contributed by atoms with E-state index in [0.717, 1.165) is 29.8 Å². The summed E-state index contributed by atoms with van der Waals surface area (Å²) in [7, 11) is 2.96. The number of amides is 1. The summed E-state index contributed by atoms with van der Waals surface area (Å²) < 4.78 is 126. The molecule has 0 saturated heterocycles. The number of hydrogen-bond donors (Lipinski definition) is 1.